The van der Waals surface area contributed by atoms with Crippen LogP contribution in [-0.2, 0) is 11.2 Å². The first-order valence-corrected chi connectivity index (χ1v) is 14.6. The normalized spacial score (nSPS) is 15.3. The Morgan fingerprint density at radius 2 is 1.62 bits per heavy atom. The average Bonchev–Trinajstić information content (AvgIpc) is 3.08. The van der Waals surface area contributed by atoms with E-state index < -0.39 is 0 Å². The Kier molecular flexibility index (Phi) is 8.19. The van der Waals surface area contributed by atoms with Crippen molar-refractivity contribution in [3.8, 4) is 5.69 Å². The number of nitrogens with zero attached hydrogens (tertiary/aromatic N) is 6. The summed E-state index contributed by atoms with van der Waals surface area (Å²) in [7, 11) is 0. The fourth-order valence-corrected chi connectivity index (χ4v) is 5.96. The summed E-state index contributed by atoms with van der Waals surface area (Å²) >= 11 is 0. The van der Waals surface area contributed by atoms with Crippen LogP contribution in [0, 0.1) is 18.3 Å². The highest BCUT2D eigenvalue weighted by atomic mass is 16.2. The Balaban J connectivity index is 1.45. The minimum Gasteiger partial charge on any atom is -0.354 e. The van der Waals surface area contributed by atoms with Crippen LogP contribution >= 0.6 is 0 Å². The van der Waals surface area contributed by atoms with Crippen LogP contribution in [0.3, 0.4) is 0 Å². The number of benzene rings is 2. The molecule has 210 valence electrons. The zero-order chi connectivity index (χ0) is 28.3. The van der Waals surface area contributed by atoms with Crippen LogP contribution in [0.25, 0.3) is 16.7 Å². The molecule has 0 N–H and O–H groups in total. The fraction of sp³-hybridized carbons (Fsp3) is 0.455. The molecular weight excluding hydrogens is 496 g/mol. The molecular formula is C33H42N6O. The van der Waals surface area contributed by atoms with Crippen LogP contribution in [0.5, 0.6) is 0 Å². The van der Waals surface area contributed by atoms with E-state index in [2.05, 4.69) is 73.9 Å². The highest BCUT2D eigenvalue weighted by molar-refractivity contribution is 5.91. The van der Waals surface area contributed by atoms with Gasteiger partial charge < -0.3 is 9.80 Å². The van der Waals surface area contributed by atoms with Crippen molar-refractivity contribution in [3.05, 3.63) is 77.7 Å². The number of hydrogen-bond donors (Lipinski definition) is 0. The molecule has 5 rings (SSSR count). The van der Waals surface area contributed by atoms with Gasteiger partial charge >= 0.3 is 0 Å². The first-order valence-electron chi connectivity index (χ1n) is 14.6. The first kappa shape index (κ1) is 27.8. The second-order valence-corrected chi connectivity index (χ2v) is 12.5. The summed E-state index contributed by atoms with van der Waals surface area (Å²) in [6.45, 7) is 14.0. The van der Waals surface area contributed by atoms with Crippen molar-refractivity contribution >= 4 is 22.8 Å². The van der Waals surface area contributed by atoms with Gasteiger partial charge in [-0.2, -0.15) is 5.10 Å². The standard InChI is InChI=1S/C33H42N6O/c1-24(23-33(3,4)5)21-29(40)37-17-12-18-38(20-19-37)31-30-25(2)36-39(27-15-10-7-11-16-27)32(30)35-28(34-31)22-26-13-8-6-9-14-26/h6-11,13-16,24H,12,17-23H2,1-5H3/t24-/m1/s1. The molecule has 0 unspecified atom stereocenters. The lowest BCUT2D eigenvalue weighted by molar-refractivity contribution is -0.132. The van der Waals surface area contributed by atoms with Crippen molar-refractivity contribution in [2.24, 2.45) is 11.3 Å². The van der Waals surface area contributed by atoms with Crippen LogP contribution in [0.2, 0.25) is 0 Å². The molecule has 0 radical (unpaired) electrons. The summed E-state index contributed by atoms with van der Waals surface area (Å²) in [5.74, 6) is 2.34. The van der Waals surface area contributed by atoms with Crippen LogP contribution in [0.1, 0.15) is 64.0 Å². The van der Waals surface area contributed by atoms with E-state index in [1.54, 1.807) is 0 Å². The monoisotopic (exact) mass is 538 g/mol. The van der Waals surface area contributed by atoms with Crippen molar-refractivity contribution in [1.82, 2.24) is 24.6 Å². The van der Waals surface area contributed by atoms with Gasteiger partial charge in [0, 0.05) is 39.0 Å². The SMILES string of the molecule is Cc1nn(-c2ccccc2)c2nc(Cc3ccccc3)nc(N3CCCN(C(=O)C[C@@H](C)CC(C)(C)C)CC3)c12. The summed E-state index contributed by atoms with van der Waals surface area (Å²) < 4.78 is 1.94. The van der Waals surface area contributed by atoms with Crippen LogP contribution < -0.4 is 4.90 Å². The summed E-state index contributed by atoms with van der Waals surface area (Å²) in [6.07, 6.45) is 3.21. The highest BCUT2D eigenvalue weighted by Gasteiger charge is 2.26. The van der Waals surface area contributed by atoms with Gasteiger partial charge in [-0.15, -0.1) is 0 Å². The number of amides is 1. The lowest BCUT2D eigenvalue weighted by Crippen LogP contribution is -2.36. The molecule has 1 saturated heterocycles. The Hall–Kier alpha value is -3.74. The fourth-order valence-electron chi connectivity index (χ4n) is 5.96. The molecule has 7 nitrogen and oxygen atoms in total. The summed E-state index contributed by atoms with van der Waals surface area (Å²) in [4.78, 5) is 27.8. The van der Waals surface area contributed by atoms with Gasteiger partial charge in [0.1, 0.15) is 11.6 Å². The number of anilines is 1. The molecule has 1 aliphatic heterocycles. The molecule has 1 amide bonds. The van der Waals surface area contributed by atoms with Gasteiger partial charge in [0.2, 0.25) is 5.91 Å². The number of para-hydroxylation sites is 1. The van der Waals surface area contributed by atoms with E-state index in [1.165, 1.54) is 5.56 Å². The summed E-state index contributed by atoms with van der Waals surface area (Å²) in [5.41, 5.74) is 4.12. The van der Waals surface area contributed by atoms with Crippen molar-refractivity contribution in [2.45, 2.75) is 60.3 Å². The predicted octanol–water partition coefficient (Wildman–Crippen LogP) is 6.22. The average molecular weight is 539 g/mol. The molecule has 0 saturated carbocycles. The van der Waals surface area contributed by atoms with E-state index in [-0.39, 0.29) is 11.3 Å². The van der Waals surface area contributed by atoms with E-state index in [0.29, 0.717) is 25.3 Å². The molecule has 0 bridgehead atoms. The number of fused-ring (bicyclic) bond motifs is 1. The molecule has 0 aliphatic carbocycles. The topological polar surface area (TPSA) is 67.2 Å². The van der Waals surface area contributed by atoms with Gasteiger partial charge in [0.05, 0.1) is 16.8 Å². The van der Waals surface area contributed by atoms with Crippen molar-refractivity contribution < 1.29 is 4.79 Å². The van der Waals surface area contributed by atoms with Crippen LogP contribution in [0.4, 0.5) is 5.82 Å². The minimum absolute atomic E-state index is 0.229. The predicted molar refractivity (Wildman–Crippen MR) is 162 cm³/mol. The van der Waals surface area contributed by atoms with Gasteiger partial charge in [-0.1, -0.05) is 76.2 Å². The number of aromatic nitrogens is 4. The number of carbonyl (C=O) groups is 1. The van der Waals surface area contributed by atoms with Crippen molar-refractivity contribution in [1.29, 1.82) is 0 Å². The number of carbonyl (C=O) groups excluding carboxylic acids is 1. The van der Waals surface area contributed by atoms with Gasteiger partial charge in [0.25, 0.3) is 0 Å². The molecule has 3 heterocycles. The molecule has 7 heteroatoms. The second kappa shape index (κ2) is 11.8. The molecule has 0 spiro atoms. The maximum atomic E-state index is 13.2. The quantitative estimate of drug-likeness (QED) is 0.280. The third kappa shape index (κ3) is 6.52. The number of rotatable bonds is 7. The van der Waals surface area contributed by atoms with Gasteiger partial charge in [0.15, 0.2) is 5.65 Å². The van der Waals surface area contributed by atoms with E-state index in [4.69, 9.17) is 15.1 Å². The Labute approximate surface area is 238 Å². The third-order valence-corrected chi connectivity index (χ3v) is 7.57. The molecule has 4 aromatic rings. The van der Waals surface area contributed by atoms with Crippen molar-refractivity contribution in [3.63, 3.8) is 0 Å². The van der Waals surface area contributed by atoms with Gasteiger partial charge in [-0.05, 0) is 48.8 Å². The smallest absolute Gasteiger partial charge is 0.222 e. The highest BCUT2D eigenvalue weighted by Crippen LogP contribution is 2.31. The number of hydrogen-bond acceptors (Lipinski definition) is 5. The molecule has 40 heavy (non-hydrogen) atoms. The van der Waals surface area contributed by atoms with E-state index in [1.807, 2.05) is 35.9 Å². The maximum absolute atomic E-state index is 13.2. The Bertz CT molecular complexity index is 1440. The van der Waals surface area contributed by atoms with E-state index >= 15 is 0 Å². The van der Waals surface area contributed by atoms with Crippen LogP contribution in [-0.4, -0.2) is 56.7 Å². The first-order chi connectivity index (χ1) is 19.2. The van der Waals surface area contributed by atoms with Gasteiger partial charge in [-0.25, -0.2) is 14.6 Å². The number of aryl methyl sites for hydroxylation is 1. The molecule has 2 aromatic carbocycles. The molecule has 2 aromatic heterocycles. The lowest BCUT2D eigenvalue weighted by Gasteiger charge is -2.26. The zero-order valence-electron chi connectivity index (χ0n) is 24.6. The summed E-state index contributed by atoms with van der Waals surface area (Å²) in [5, 5.41) is 5.90. The molecule has 1 atom stereocenters. The lowest BCUT2D eigenvalue weighted by atomic mass is 9.84. The largest absolute Gasteiger partial charge is 0.354 e. The minimum atomic E-state index is 0.229. The molecule has 1 fully saturated rings. The molecule has 1 aliphatic rings. The van der Waals surface area contributed by atoms with E-state index in [0.717, 1.165) is 66.5 Å². The van der Waals surface area contributed by atoms with Crippen LogP contribution in [0.15, 0.2) is 60.7 Å². The maximum Gasteiger partial charge on any atom is 0.222 e. The van der Waals surface area contributed by atoms with Gasteiger partial charge in [-0.3, -0.25) is 4.79 Å². The van der Waals surface area contributed by atoms with E-state index in [9.17, 15) is 4.79 Å². The zero-order valence-corrected chi connectivity index (χ0v) is 24.6. The Morgan fingerprint density at radius 3 is 2.33 bits per heavy atom. The van der Waals surface area contributed by atoms with Crippen molar-refractivity contribution in [2.75, 3.05) is 31.1 Å². The Morgan fingerprint density at radius 1 is 0.925 bits per heavy atom. The third-order valence-electron chi connectivity index (χ3n) is 7.57. The second-order valence-electron chi connectivity index (χ2n) is 12.5. The summed E-state index contributed by atoms with van der Waals surface area (Å²) in [6, 6.07) is 20.5.